The van der Waals surface area contributed by atoms with Crippen molar-refractivity contribution >= 4 is 5.57 Å². The van der Waals surface area contributed by atoms with E-state index >= 15 is 0 Å². The first-order valence-electron chi connectivity index (χ1n) is 16.9. The van der Waals surface area contributed by atoms with Gasteiger partial charge in [0.25, 0.3) is 0 Å². The Morgan fingerprint density at radius 2 is 1.04 bits per heavy atom. The Bertz CT molecular complexity index is 2330. The first kappa shape index (κ1) is 27.9. The number of hydrogen-bond donors (Lipinski definition) is 0. The van der Waals surface area contributed by atoms with Crippen LogP contribution in [0.4, 0.5) is 0 Å². The van der Waals surface area contributed by atoms with Crippen molar-refractivity contribution in [3.63, 3.8) is 0 Å². The number of aromatic nitrogens is 3. The number of rotatable bonds is 4. The summed E-state index contributed by atoms with van der Waals surface area (Å²) in [6.07, 6.45) is 15.3. The van der Waals surface area contributed by atoms with Gasteiger partial charge in [0.15, 0.2) is 17.5 Å². The first-order chi connectivity index (χ1) is 24.3. The highest BCUT2D eigenvalue weighted by Crippen LogP contribution is 2.52. The molecule has 2 heterocycles. The second-order valence-electron chi connectivity index (χ2n) is 13.1. The largest absolute Gasteiger partial charge is 0.485 e. The summed E-state index contributed by atoms with van der Waals surface area (Å²) in [6.45, 7) is 0. The highest BCUT2D eigenvalue weighted by Gasteiger charge is 2.39. The molecule has 232 valence electrons. The molecule has 4 unspecified atom stereocenters. The van der Waals surface area contributed by atoms with Crippen LogP contribution in [0.25, 0.3) is 50.6 Å². The topological polar surface area (TPSA) is 47.9 Å². The van der Waals surface area contributed by atoms with E-state index in [9.17, 15) is 0 Å². The monoisotopic (exact) mass is 629 g/mol. The molecule has 1 aliphatic heterocycles. The van der Waals surface area contributed by atoms with Crippen molar-refractivity contribution in [3.8, 4) is 50.8 Å². The maximum absolute atomic E-state index is 6.57. The summed E-state index contributed by atoms with van der Waals surface area (Å²) in [7, 11) is 0. The molecule has 5 aromatic carbocycles. The third kappa shape index (κ3) is 4.63. The van der Waals surface area contributed by atoms with E-state index in [2.05, 4.69) is 103 Å². The van der Waals surface area contributed by atoms with Crippen LogP contribution in [0.1, 0.15) is 40.3 Å². The normalized spacial score (nSPS) is 20.7. The number of benzene rings is 5. The molecule has 0 fully saturated rings. The summed E-state index contributed by atoms with van der Waals surface area (Å²) in [4.78, 5) is 15.1. The predicted molar refractivity (Wildman–Crippen MR) is 196 cm³/mol. The highest BCUT2D eigenvalue weighted by molar-refractivity contribution is 5.82. The minimum absolute atomic E-state index is 0.0464. The van der Waals surface area contributed by atoms with Gasteiger partial charge in [0.05, 0.1) is 5.92 Å². The maximum atomic E-state index is 6.57. The van der Waals surface area contributed by atoms with Gasteiger partial charge in [-0.3, -0.25) is 0 Å². The lowest BCUT2D eigenvalue weighted by Crippen LogP contribution is -2.20. The molecule has 49 heavy (non-hydrogen) atoms. The zero-order valence-corrected chi connectivity index (χ0v) is 26.6. The molecule has 1 aromatic heterocycles. The molecule has 3 aliphatic carbocycles. The number of nitrogens with zero attached hydrogens (tertiary/aromatic N) is 3. The van der Waals surface area contributed by atoms with E-state index in [1.54, 1.807) is 0 Å². The van der Waals surface area contributed by atoms with Gasteiger partial charge >= 0.3 is 0 Å². The molecule has 0 saturated heterocycles. The molecular weight excluding hydrogens is 599 g/mol. The molecule has 4 atom stereocenters. The van der Waals surface area contributed by atoms with Gasteiger partial charge in [-0.25, -0.2) is 15.0 Å². The van der Waals surface area contributed by atoms with Crippen LogP contribution in [-0.2, 0) is 0 Å². The van der Waals surface area contributed by atoms with Crippen LogP contribution in [0.15, 0.2) is 164 Å². The van der Waals surface area contributed by atoms with Crippen molar-refractivity contribution in [2.75, 3.05) is 0 Å². The maximum Gasteiger partial charge on any atom is 0.164 e. The Hall–Kier alpha value is -6.13. The molecule has 0 amide bonds. The van der Waals surface area contributed by atoms with Crippen LogP contribution >= 0.6 is 0 Å². The lowest BCUT2D eigenvalue weighted by molar-refractivity contribution is 0.271. The standard InChI is InChI=1S/C45H31N3O/c1-3-12-28(13-4-1)43-46-44(29-14-5-2-6-15-29)48-45(47-43)37-20-11-21-41-42(37)39-27-31(23-25-40(39)49-41)30-22-24-36-34-18-8-7-16-32(34)33-17-9-10-19-35(33)38(36)26-30/h1-27,33,35,41-42H. The molecule has 0 N–H and O–H groups in total. The molecule has 4 aliphatic rings. The van der Waals surface area contributed by atoms with Crippen LogP contribution in [0.5, 0.6) is 5.75 Å². The van der Waals surface area contributed by atoms with E-state index in [4.69, 9.17) is 19.7 Å². The lowest BCUT2D eigenvalue weighted by Gasteiger charge is -2.34. The van der Waals surface area contributed by atoms with E-state index in [0.29, 0.717) is 29.3 Å². The molecular formula is C45H31N3O. The third-order valence-electron chi connectivity index (χ3n) is 10.3. The summed E-state index contributed by atoms with van der Waals surface area (Å²) in [5.41, 5.74) is 11.9. The predicted octanol–water partition coefficient (Wildman–Crippen LogP) is 10.3. The molecule has 0 bridgehead atoms. The molecule has 10 rings (SSSR count). The Morgan fingerprint density at radius 3 is 1.78 bits per heavy atom. The summed E-state index contributed by atoms with van der Waals surface area (Å²) in [5.74, 6) is 3.51. The van der Waals surface area contributed by atoms with E-state index in [-0.39, 0.29) is 12.0 Å². The second-order valence-corrected chi connectivity index (χ2v) is 13.1. The number of hydrogen-bond acceptors (Lipinski definition) is 4. The van der Waals surface area contributed by atoms with Gasteiger partial charge in [-0.15, -0.1) is 0 Å². The van der Waals surface area contributed by atoms with E-state index in [0.717, 1.165) is 28.0 Å². The van der Waals surface area contributed by atoms with E-state index in [1.807, 2.05) is 60.7 Å². The Morgan fingerprint density at radius 1 is 0.449 bits per heavy atom. The zero-order chi connectivity index (χ0) is 32.3. The number of ether oxygens (including phenoxy) is 1. The van der Waals surface area contributed by atoms with Crippen LogP contribution in [0.2, 0.25) is 0 Å². The summed E-state index contributed by atoms with van der Waals surface area (Å²) in [6, 6.07) is 42.8. The van der Waals surface area contributed by atoms with Gasteiger partial charge in [0, 0.05) is 34.1 Å². The molecule has 4 heteroatoms. The van der Waals surface area contributed by atoms with Crippen molar-refractivity contribution in [2.45, 2.75) is 23.9 Å². The van der Waals surface area contributed by atoms with Gasteiger partial charge in [0.2, 0.25) is 0 Å². The van der Waals surface area contributed by atoms with Gasteiger partial charge in [0.1, 0.15) is 11.9 Å². The van der Waals surface area contributed by atoms with Gasteiger partial charge in [-0.05, 0) is 57.7 Å². The van der Waals surface area contributed by atoms with E-state index < -0.39 is 0 Å². The molecule has 0 radical (unpaired) electrons. The SMILES string of the molecule is C1=CC2Oc3ccc(-c4ccc5c(c4)C4C=CC=CC4c4ccccc4-5)cc3C2C(c2nc(-c3ccccc3)nc(-c3ccccc3)n2)=C1. The minimum Gasteiger partial charge on any atom is -0.485 e. The molecule has 6 aromatic rings. The quantitative estimate of drug-likeness (QED) is 0.195. The summed E-state index contributed by atoms with van der Waals surface area (Å²) in [5, 5.41) is 0. The summed E-state index contributed by atoms with van der Waals surface area (Å²) >= 11 is 0. The Kier molecular flexibility index (Phi) is 6.41. The fourth-order valence-corrected chi connectivity index (χ4v) is 7.99. The van der Waals surface area contributed by atoms with Gasteiger partial charge in [-0.1, -0.05) is 140 Å². The summed E-state index contributed by atoms with van der Waals surface area (Å²) < 4.78 is 6.57. The zero-order valence-electron chi connectivity index (χ0n) is 26.6. The number of fused-ring (bicyclic) bond motifs is 9. The van der Waals surface area contributed by atoms with Crippen LogP contribution in [-0.4, -0.2) is 21.1 Å². The Balaban J connectivity index is 1.07. The molecule has 4 nitrogen and oxygen atoms in total. The molecule has 0 spiro atoms. The fraction of sp³-hybridized carbons (Fsp3) is 0.0889. The average Bonchev–Trinajstić information content (AvgIpc) is 3.57. The minimum atomic E-state index is -0.137. The Labute approximate surface area is 285 Å². The first-order valence-corrected chi connectivity index (χ1v) is 16.9. The lowest BCUT2D eigenvalue weighted by atomic mass is 9.69. The van der Waals surface area contributed by atoms with Crippen LogP contribution < -0.4 is 4.74 Å². The van der Waals surface area contributed by atoms with Gasteiger partial charge in [-0.2, -0.15) is 0 Å². The van der Waals surface area contributed by atoms with Crippen molar-refractivity contribution in [2.24, 2.45) is 0 Å². The van der Waals surface area contributed by atoms with Gasteiger partial charge < -0.3 is 4.74 Å². The molecule has 0 saturated carbocycles. The van der Waals surface area contributed by atoms with Crippen LogP contribution in [0, 0.1) is 0 Å². The second kappa shape index (κ2) is 11.2. The average molecular weight is 630 g/mol. The van der Waals surface area contributed by atoms with Crippen molar-refractivity contribution in [3.05, 3.63) is 186 Å². The van der Waals surface area contributed by atoms with Crippen LogP contribution in [0.3, 0.4) is 0 Å². The fourth-order valence-electron chi connectivity index (χ4n) is 7.99. The van der Waals surface area contributed by atoms with Crippen molar-refractivity contribution in [1.29, 1.82) is 0 Å². The smallest absolute Gasteiger partial charge is 0.164 e. The highest BCUT2D eigenvalue weighted by atomic mass is 16.5. The number of allylic oxidation sites excluding steroid dienone is 6. The van der Waals surface area contributed by atoms with E-state index in [1.165, 1.54) is 33.4 Å². The van der Waals surface area contributed by atoms with Crippen molar-refractivity contribution in [1.82, 2.24) is 15.0 Å². The van der Waals surface area contributed by atoms with Crippen molar-refractivity contribution < 1.29 is 4.74 Å². The third-order valence-corrected chi connectivity index (χ3v) is 10.3.